The van der Waals surface area contributed by atoms with Gasteiger partial charge in [-0.05, 0) is 11.4 Å². The molecule has 5 heteroatoms. The summed E-state index contributed by atoms with van der Waals surface area (Å²) < 4.78 is 0. The van der Waals surface area contributed by atoms with Crippen LogP contribution in [-0.4, -0.2) is 28.9 Å². The first-order valence-electron chi connectivity index (χ1n) is 4.16. The molecular formula is C9H11NO3S. The fourth-order valence-corrected chi connectivity index (χ4v) is 1.74. The van der Waals surface area contributed by atoms with Crippen LogP contribution in [0.5, 0.6) is 0 Å². The lowest BCUT2D eigenvalue weighted by Gasteiger charge is -2.14. The number of nitrogens with zero attached hydrogens (tertiary/aromatic N) is 1. The van der Waals surface area contributed by atoms with Gasteiger partial charge in [0.25, 0.3) is 0 Å². The number of amides is 1. The van der Waals surface area contributed by atoms with E-state index in [9.17, 15) is 9.59 Å². The van der Waals surface area contributed by atoms with Crippen LogP contribution in [0.1, 0.15) is 11.3 Å². The molecule has 0 unspecified atom stereocenters. The molecule has 76 valence electrons. The molecule has 0 aliphatic heterocycles. The number of rotatable bonds is 6. The highest BCUT2D eigenvalue weighted by Crippen LogP contribution is 2.10. The molecule has 0 saturated carbocycles. The Kier molecular flexibility index (Phi) is 4.12. The van der Waals surface area contributed by atoms with Gasteiger partial charge in [-0.25, -0.2) is 0 Å². The lowest BCUT2D eigenvalue weighted by Crippen LogP contribution is -2.23. The van der Waals surface area contributed by atoms with E-state index in [0.29, 0.717) is 13.0 Å². The third-order valence-corrected chi connectivity index (χ3v) is 2.56. The maximum Gasteiger partial charge on any atom is 0.305 e. The van der Waals surface area contributed by atoms with Crippen molar-refractivity contribution < 1.29 is 14.7 Å². The summed E-state index contributed by atoms with van der Waals surface area (Å²) in [4.78, 5) is 23.4. The molecule has 0 aromatic carbocycles. The number of hydrogen-bond acceptors (Lipinski definition) is 3. The topological polar surface area (TPSA) is 57.6 Å². The summed E-state index contributed by atoms with van der Waals surface area (Å²) in [7, 11) is 0. The fraction of sp³-hybridized carbons (Fsp3) is 0.333. The van der Waals surface area contributed by atoms with Crippen LogP contribution in [0.15, 0.2) is 17.5 Å². The predicted octanol–water partition coefficient (Wildman–Crippen LogP) is 1.18. The number of hydrogen-bond donors (Lipinski definition) is 1. The van der Waals surface area contributed by atoms with E-state index in [1.807, 2.05) is 17.5 Å². The minimum absolute atomic E-state index is 0.00981. The van der Waals surface area contributed by atoms with Crippen molar-refractivity contribution in [3.05, 3.63) is 22.4 Å². The largest absolute Gasteiger partial charge is 0.481 e. The van der Waals surface area contributed by atoms with Gasteiger partial charge in [0.05, 0.1) is 13.0 Å². The smallest absolute Gasteiger partial charge is 0.305 e. The maximum absolute atomic E-state index is 10.6. The van der Waals surface area contributed by atoms with E-state index in [0.717, 1.165) is 4.88 Å². The third-order valence-electron chi connectivity index (χ3n) is 1.70. The lowest BCUT2D eigenvalue weighted by molar-refractivity contribution is -0.137. The van der Waals surface area contributed by atoms with Crippen LogP contribution in [0, 0.1) is 0 Å². The normalized spacial score (nSPS) is 9.71. The third kappa shape index (κ3) is 3.57. The van der Waals surface area contributed by atoms with Crippen molar-refractivity contribution in [2.45, 2.75) is 13.0 Å². The number of carboxylic acids is 1. The van der Waals surface area contributed by atoms with Crippen LogP contribution in [0.3, 0.4) is 0 Å². The molecular weight excluding hydrogens is 202 g/mol. The first kappa shape index (κ1) is 10.7. The molecule has 0 bridgehead atoms. The second kappa shape index (κ2) is 5.39. The van der Waals surface area contributed by atoms with Crippen LogP contribution in [0.25, 0.3) is 0 Å². The molecule has 0 atom stereocenters. The van der Waals surface area contributed by atoms with E-state index in [2.05, 4.69) is 0 Å². The average molecular weight is 213 g/mol. The molecule has 0 radical (unpaired) electrons. The van der Waals surface area contributed by atoms with Crippen molar-refractivity contribution in [2.24, 2.45) is 0 Å². The van der Waals surface area contributed by atoms with Gasteiger partial charge in [0, 0.05) is 11.4 Å². The standard InChI is InChI=1S/C9H11NO3S/c11-7-10(4-3-9(12)13)6-8-2-1-5-14-8/h1-2,5,7H,3-4,6H2,(H,12,13). The zero-order valence-corrected chi connectivity index (χ0v) is 8.37. The molecule has 1 rings (SSSR count). The molecule has 0 aliphatic rings. The Hall–Kier alpha value is -1.36. The van der Waals surface area contributed by atoms with E-state index in [-0.39, 0.29) is 13.0 Å². The molecule has 14 heavy (non-hydrogen) atoms. The Morgan fingerprint density at radius 1 is 1.64 bits per heavy atom. The van der Waals surface area contributed by atoms with Gasteiger partial charge >= 0.3 is 5.97 Å². The van der Waals surface area contributed by atoms with E-state index >= 15 is 0 Å². The summed E-state index contributed by atoms with van der Waals surface area (Å²) in [6.07, 6.45) is 0.673. The molecule has 0 fully saturated rings. The van der Waals surface area contributed by atoms with E-state index in [4.69, 9.17) is 5.11 Å². The van der Waals surface area contributed by atoms with Gasteiger partial charge in [0.1, 0.15) is 0 Å². The van der Waals surface area contributed by atoms with Crippen molar-refractivity contribution in [1.82, 2.24) is 4.90 Å². The quantitative estimate of drug-likeness (QED) is 0.722. The number of carbonyl (C=O) groups excluding carboxylic acids is 1. The number of carbonyl (C=O) groups is 2. The monoisotopic (exact) mass is 213 g/mol. The summed E-state index contributed by atoms with van der Waals surface area (Å²) in [6, 6.07) is 3.82. The zero-order chi connectivity index (χ0) is 10.4. The molecule has 0 saturated heterocycles. The first-order chi connectivity index (χ1) is 6.72. The zero-order valence-electron chi connectivity index (χ0n) is 7.55. The van der Waals surface area contributed by atoms with Gasteiger partial charge in [-0.15, -0.1) is 11.3 Å². The minimum atomic E-state index is -0.886. The number of aliphatic carboxylic acids is 1. The Balaban J connectivity index is 2.39. The van der Waals surface area contributed by atoms with Gasteiger partial charge in [0.15, 0.2) is 0 Å². The summed E-state index contributed by atoms with van der Waals surface area (Å²) in [5.41, 5.74) is 0. The van der Waals surface area contributed by atoms with Crippen LogP contribution >= 0.6 is 11.3 Å². The Morgan fingerprint density at radius 2 is 2.43 bits per heavy atom. The van der Waals surface area contributed by atoms with Crippen molar-refractivity contribution >= 4 is 23.7 Å². The SMILES string of the molecule is O=CN(CCC(=O)O)Cc1cccs1. The first-order valence-corrected chi connectivity index (χ1v) is 5.04. The van der Waals surface area contributed by atoms with Crippen LogP contribution < -0.4 is 0 Å². The van der Waals surface area contributed by atoms with Crippen molar-refractivity contribution in [3.63, 3.8) is 0 Å². The van der Waals surface area contributed by atoms with Crippen LogP contribution in [0.2, 0.25) is 0 Å². The Bertz CT molecular complexity index is 297. The summed E-state index contributed by atoms with van der Waals surface area (Å²) in [5, 5.41) is 10.4. The van der Waals surface area contributed by atoms with Crippen LogP contribution in [0.4, 0.5) is 0 Å². The van der Waals surface area contributed by atoms with Gasteiger partial charge < -0.3 is 10.0 Å². The summed E-state index contributed by atoms with van der Waals surface area (Å²) in [6.45, 7) is 0.755. The van der Waals surface area contributed by atoms with Gasteiger partial charge in [0.2, 0.25) is 6.41 Å². The molecule has 1 aromatic rings. The van der Waals surface area contributed by atoms with Crippen molar-refractivity contribution in [1.29, 1.82) is 0 Å². The highest BCUT2D eigenvalue weighted by atomic mass is 32.1. The maximum atomic E-state index is 10.6. The van der Waals surface area contributed by atoms with Gasteiger partial charge in [-0.3, -0.25) is 9.59 Å². The molecule has 1 heterocycles. The predicted molar refractivity (Wildman–Crippen MR) is 53.0 cm³/mol. The highest BCUT2D eigenvalue weighted by Gasteiger charge is 2.05. The van der Waals surface area contributed by atoms with Crippen molar-refractivity contribution in [2.75, 3.05) is 6.54 Å². The van der Waals surface area contributed by atoms with Crippen molar-refractivity contribution in [3.8, 4) is 0 Å². The Labute approximate surface area is 85.8 Å². The summed E-state index contributed by atoms with van der Waals surface area (Å²) in [5.74, 6) is -0.886. The van der Waals surface area contributed by atoms with E-state index < -0.39 is 5.97 Å². The molecule has 0 aliphatic carbocycles. The second-order valence-corrected chi connectivity index (χ2v) is 3.83. The average Bonchev–Trinajstić information content (AvgIpc) is 2.64. The Morgan fingerprint density at radius 3 is 2.93 bits per heavy atom. The molecule has 0 spiro atoms. The van der Waals surface area contributed by atoms with E-state index in [1.54, 1.807) is 11.3 Å². The minimum Gasteiger partial charge on any atom is -0.481 e. The lowest BCUT2D eigenvalue weighted by atomic mass is 10.3. The van der Waals surface area contributed by atoms with E-state index in [1.165, 1.54) is 4.90 Å². The second-order valence-electron chi connectivity index (χ2n) is 2.80. The van der Waals surface area contributed by atoms with Crippen LogP contribution in [-0.2, 0) is 16.1 Å². The highest BCUT2D eigenvalue weighted by molar-refractivity contribution is 7.09. The van der Waals surface area contributed by atoms with Gasteiger partial charge in [-0.2, -0.15) is 0 Å². The fourth-order valence-electron chi connectivity index (χ4n) is 1.01. The molecule has 1 amide bonds. The molecule has 1 N–H and O–H groups in total. The van der Waals surface area contributed by atoms with Gasteiger partial charge in [-0.1, -0.05) is 6.07 Å². The number of thiophene rings is 1. The summed E-state index contributed by atoms with van der Waals surface area (Å²) >= 11 is 1.55. The molecule has 4 nitrogen and oxygen atoms in total. The number of carboxylic acid groups (broad SMARTS) is 1. The molecule has 1 aromatic heterocycles.